The molecule has 1 unspecified atom stereocenters. The molecule has 2 atom stereocenters. The van der Waals surface area contributed by atoms with Gasteiger partial charge in [-0.05, 0) is 18.1 Å². The van der Waals surface area contributed by atoms with Crippen molar-refractivity contribution in [1.29, 1.82) is 0 Å². The molecule has 2 heterocycles. The molecule has 1 amide bonds. The predicted octanol–water partition coefficient (Wildman–Crippen LogP) is 2.80. The Labute approximate surface area is 136 Å². The van der Waals surface area contributed by atoms with Crippen molar-refractivity contribution < 1.29 is 9.53 Å². The van der Waals surface area contributed by atoms with Crippen molar-refractivity contribution in [2.45, 2.75) is 25.5 Å². The van der Waals surface area contributed by atoms with Crippen LogP contribution in [0.25, 0.3) is 5.57 Å². The fourth-order valence-electron chi connectivity index (χ4n) is 2.98. The first kappa shape index (κ1) is 15.5. The van der Waals surface area contributed by atoms with Gasteiger partial charge in [-0.25, -0.2) is 4.98 Å². The molecule has 0 saturated carbocycles. The molecule has 1 aromatic heterocycles. The minimum absolute atomic E-state index is 0.00713. The van der Waals surface area contributed by atoms with Crippen LogP contribution >= 0.6 is 0 Å². The molecule has 120 valence electrons. The minimum Gasteiger partial charge on any atom is -0.380 e. The fraction of sp³-hybridized carbons (Fsp3) is 0.333. The number of imidazole rings is 1. The normalized spacial score (nSPS) is 21.7. The maximum Gasteiger partial charge on any atom is 0.247 e. The van der Waals surface area contributed by atoms with E-state index in [9.17, 15) is 4.79 Å². The average molecular weight is 311 g/mol. The molecule has 3 rings (SSSR count). The molecule has 0 spiro atoms. The molecule has 1 N–H and O–H groups in total. The summed E-state index contributed by atoms with van der Waals surface area (Å²) < 4.78 is 5.45. The van der Waals surface area contributed by atoms with Gasteiger partial charge in [-0.3, -0.25) is 4.79 Å². The van der Waals surface area contributed by atoms with E-state index in [-0.39, 0.29) is 18.1 Å². The Bertz CT molecular complexity index is 680. The van der Waals surface area contributed by atoms with Gasteiger partial charge in [0.15, 0.2) is 0 Å². The number of rotatable bonds is 4. The number of carbonyl (C=O) groups is 1. The number of aromatic amines is 1. The van der Waals surface area contributed by atoms with Crippen LogP contribution in [0, 0.1) is 0 Å². The first-order chi connectivity index (χ1) is 11.2. The summed E-state index contributed by atoms with van der Waals surface area (Å²) in [7, 11) is 1.68. The first-order valence-corrected chi connectivity index (χ1v) is 7.75. The number of amides is 1. The summed E-state index contributed by atoms with van der Waals surface area (Å²) in [6, 6.07) is 9.85. The standard InChI is InChI=1S/C18H21N3O2/c1-13(14-6-4-3-5-7-14)10-17(22)21-12-15(23-2)11-16(21)18-19-8-9-20-18/h3-10,15-16H,11-12H2,1-2H3,(H,19,20)/b13-10+/t15-,16?/m1/s1. The van der Waals surface area contributed by atoms with Gasteiger partial charge in [0.25, 0.3) is 0 Å². The van der Waals surface area contributed by atoms with Gasteiger partial charge in [-0.15, -0.1) is 0 Å². The number of benzene rings is 1. The Morgan fingerprint density at radius 1 is 1.39 bits per heavy atom. The van der Waals surface area contributed by atoms with Crippen molar-refractivity contribution in [3.05, 3.63) is 60.2 Å². The van der Waals surface area contributed by atoms with Crippen LogP contribution in [0.3, 0.4) is 0 Å². The Balaban J connectivity index is 1.82. The lowest BCUT2D eigenvalue weighted by Gasteiger charge is -2.21. The van der Waals surface area contributed by atoms with Crippen LogP contribution in [0.1, 0.15) is 30.8 Å². The van der Waals surface area contributed by atoms with Crippen LogP contribution in [-0.4, -0.2) is 40.5 Å². The van der Waals surface area contributed by atoms with E-state index in [1.807, 2.05) is 42.2 Å². The number of nitrogens with one attached hydrogen (secondary N) is 1. The molecule has 5 heteroatoms. The Kier molecular flexibility index (Phi) is 4.57. The number of hydrogen-bond donors (Lipinski definition) is 1. The van der Waals surface area contributed by atoms with Crippen LogP contribution in [-0.2, 0) is 9.53 Å². The van der Waals surface area contributed by atoms with Crippen LogP contribution in [0.15, 0.2) is 48.8 Å². The number of ether oxygens (including phenoxy) is 1. The fourth-order valence-corrected chi connectivity index (χ4v) is 2.98. The van der Waals surface area contributed by atoms with Crippen molar-refractivity contribution in [3.8, 4) is 0 Å². The number of carbonyl (C=O) groups excluding carboxylic acids is 1. The van der Waals surface area contributed by atoms with E-state index in [4.69, 9.17) is 4.74 Å². The molecule has 1 aliphatic rings. The van der Waals surface area contributed by atoms with E-state index >= 15 is 0 Å². The number of aromatic nitrogens is 2. The van der Waals surface area contributed by atoms with Gasteiger partial charge < -0.3 is 14.6 Å². The highest BCUT2D eigenvalue weighted by Crippen LogP contribution is 2.32. The zero-order chi connectivity index (χ0) is 16.2. The van der Waals surface area contributed by atoms with Crippen LogP contribution in [0.5, 0.6) is 0 Å². The number of allylic oxidation sites excluding steroid dienone is 1. The van der Waals surface area contributed by atoms with E-state index in [2.05, 4.69) is 9.97 Å². The molecule has 23 heavy (non-hydrogen) atoms. The lowest BCUT2D eigenvalue weighted by atomic mass is 10.1. The van der Waals surface area contributed by atoms with E-state index < -0.39 is 0 Å². The number of nitrogens with zero attached hydrogens (tertiary/aromatic N) is 2. The summed E-state index contributed by atoms with van der Waals surface area (Å²) in [4.78, 5) is 22.0. The third-order valence-electron chi connectivity index (χ3n) is 4.28. The van der Waals surface area contributed by atoms with Crippen LogP contribution in [0.2, 0.25) is 0 Å². The minimum atomic E-state index is -0.0673. The Morgan fingerprint density at radius 2 is 2.17 bits per heavy atom. The predicted molar refractivity (Wildman–Crippen MR) is 88.5 cm³/mol. The largest absolute Gasteiger partial charge is 0.380 e. The highest BCUT2D eigenvalue weighted by atomic mass is 16.5. The van der Waals surface area contributed by atoms with E-state index in [0.29, 0.717) is 6.54 Å². The van der Waals surface area contributed by atoms with Crippen molar-refractivity contribution >= 4 is 11.5 Å². The van der Waals surface area contributed by atoms with E-state index in [1.54, 1.807) is 25.6 Å². The molecule has 0 aliphatic carbocycles. The first-order valence-electron chi connectivity index (χ1n) is 7.75. The Hall–Kier alpha value is -2.40. The highest BCUT2D eigenvalue weighted by Gasteiger charge is 2.37. The monoisotopic (exact) mass is 311 g/mol. The molecule has 0 bridgehead atoms. The number of H-pyrrole nitrogens is 1. The molecule has 1 fully saturated rings. The highest BCUT2D eigenvalue weighted by molar-refractivity contribution is 5.95. The zero-order valence-corrected chi connectivity index (χ0v) is 13.4. The summed E-state index contributed by atoms with van der Waals surface area (Å²) >= 11 is 0. The lowest BCUT2D eigenvalue weighted by Crippen LogP contribution is -2.31. The second kappa shape index (κ2) is 6.79. The van der Waals surface area contributed by atoms with Gasteiger partial charge >= 0.3 is 0 Å². The van der Waals surface area contributed by atoms with Gasteiger partial charge in [-0.2, -0.15) is 0 Å². The average Bonchev–Trinajstić information content (AvgIpc) is 3.24. The summed E-state index contributed by atoms with van der Waals surface area (Å²) in [6.45, 7) is 2.54. The van der Waals surface area contributed by atoms with Crippen molar-refractivity contribution in [3.63, 3.8) is 0 Å². The maximum atomic E-state index is 12.7. The number of likely N-dealkylation sites (tertiary alicyclic amines) is 1. The molecule has 1 aromatic carbocycles. The van der Waals surface area contributed by atoms with Gasteiger partial charge in [0, 0.05) is 38.5 Å². The Morgan fingerprint density at radius 3 is 2.83 bits per heavy atom. The van der Waals surface area contributed by atoms with E-state index in [0.717, 1.165) is 23.4 Å². The smallest absolute Gasteiger partial charge is 0.247 e. The van der Waals surface area contributed by atoms with Crippen molar-refractivity contribution in [1.82, 2.24) is 14.9 Å². The van der Waals surface area contributed by atoms with Gasteiger partial charge in [0.2, 0.25) is 5.91 Å². The third kappa shape index (κ3) is 3.35. The van der Waals surface area contributed by atoms with Crippen molar-refractivity contribution in [2.24, 2.45) is 0 Å². The van der Waals surface area contributed by atoms with Crippen LogP contribution < -0.4 is 0 Å². The van der Waals surface area contributed by atoms with Gasteiger partial charge in [0.05, 0.1) is 12.1 Å². The van der Waals surface area contributed by atoms with Gasteiger partial charge in [-0.1, -0.05) is 30.3 Å². The lowest BCUT2D eigenvalue weighted by molar-refractivity contribution is -0.127. The summed E-state index contributed by atoms with van der Waals surface area (Å²) in [6.07, 6.45) is 5.99. The second-order valence-corrected chi connectivity index (χ2v) is 5.77. The zero-order valence-electron chi connectivity index (χ0n) is 13.4. The topological polar surface area (TPSA) is 58.2 Å². The quantitative estimate of drug-likeness (QED) is 0.883. The van der Waals surface area contributed by atoms with Gasteiger partial charge in [0.1, 0.15) is 5.82 Å². The molecular weight excluding hydrogens is 290 g/mol. The third-order valence-corrected chi connectivity index (χ3v) is 4.28. The number of methoxy groups -OCH3 is 1. The summed E-state index contributed by atoms with van der Waals surface area (Å²) in [5.74, 6) is 0.802. The van der Waals surface area contributed by atoms with E-state index in [1.165, 1.54) is 0 Å². The van der Waals surface area contributed by atoms with Crippen molar-refractivity contribution in [2.75, 3.05) is 13.7 Å². The summed E-state index contributed by atoms with van der Waals surface area (Å²) in [5, 5.41) is 0. The molecule has 1 saturated heterocycles. The summed E-state index contributed by atoms with van der Waals surface area (Å²) in [5.41, 5.74) is 2.01. The molecule has 0 radical (unpaired) electrons. The second-order valence-electron chi connectivity index (χ2n) is 5.77. The molecule has 2 aromatic rings. The maximum absolute atomic E-state index is 12.7. The molecule has 1 aliphatic heterocycles. The molecular formula is C18H21N3O2. The SMILES string of the molecule is CO[C@@H]1CC(c2ncc[nH]2)N(C(=O)/C=C(\C)c2ccccc2)C1. The van der Waals surface area contributed by atoms with Crippen LogP contribution in [0.4, 0.5) is 0 Å². The number of hydrogen-bond acceptors (Lipinski definition) is 3. The molecule has 5 nitrogen and oxygen atoms in total.